The van der Waals surface area contributed by atoms with Crippen molar-refractivity contribution in [3.05, 3.63) is 35.6 Å². The maximum Gasteiger partial charge on any atom is 0.309 e. The molecule has 1 aromatic rings. The Labute approximate surface area is 107 Å². The normalized spacial score (nSPS) is 24.3. The highest BCUT2D eigenvalue weighted by Gasteiger charge is 2.32. The van der Waals surface area contributed by atoms with Gasteiger partial charge in [-0.15, -0.1) is 0 Å². The molecule has 0 amide bonds. The number of methoxy groups -OCH3 is 1. The van der Waals surface area contributed by atoms with Crippen molar-refractivity contribution >= 4 is 5.97 Å². The van der Waals surface area contributed by atoms with E-state index >= 15 is 0 Å². The van der Waals surface area contributed by atoms with E-state index in [0.29, 0.717) is 5.56 Å². The molecule has 1 aromatic carbocycles. The Kier molecular flexibility index (Phi) is 4.34. The zero-order valence-corrected chi connectivity index (χ0v) is 10.7. The summed E-state index contributed by atoms with van der Waals surface area (Å²) in [6.45, 7) is 0. The van der Waals surface area contributed by atoms with Crippen LogP contribution in [0.3, 0.4) is 0 Å². The van der Waals surface area contributed by atoms with Crippen LogP contribution in [0, 0.1) is 11.7 Å². The molecule has 0 N–H and O–H groups in total. The summed E-state index contributed by atoms with van der Waals surface area (Å²) in [5.74, 6) is -0.654. The van der Waals surface area contributed by atoms with Crippen LogP contribution < -0.4 is 0 Å². The molecule has 0 saturated heterocycles. The minimum absolute atomic E-state index is 0.0406. The Bertz CT molecular complexity index is 417. The van der Waals surface area contributed by atoms with Crippen molar-refractivity contribution in [1.29, 1.82) is 0 Å². The average molecular weight is 250 g/mol. The van der Waals surface area contributed by atoms with Crippen LogP contribution in [0.25, 0.3) is 0 Å². The number of hydrogen-bond acceptors (Lipinski definition) is 2. The molecule has 0 spiro atoms. The van der Waals surface area contributed by atoms with Crippen LogP contribution in [0.15, 0.2) is 24.3 Å². The molecule has 2 unspecified atom stereocenters. The average Bonchev–Trinajstić information content (AvgIpc) is 2.64. The summed E-state index contributed by atoms with van der Waals surface area (Å²) in [5, 5.41) is 0. The van der Waals surface area contributed by atoms with Gasteiger partial charge >= 0.3 is 5.97 Å². The third-order valence-electron chi connectivity index (χ3n) is 3.82. The van der Waals surface area contributed by atoms with E-state index in [1.54, 1.807) is 12.1 Å². The molecule has 0 radical (unpaired) electrons. The smallest absolute Gasteiger partial charge is 0.309 e. The number of carbonyl (C=O) groups is 1. The molecule has 2 rings (SSSR count). The predicted molar refractivity (Wildman–Crippen MR) is 67.7 cm³/mol. The molecule has 3 heteroatoms. The zero-order chi connectivity index (χ0) is 13.0. The van der Waals surface area contributed by atoms with Crippen molar-refractivity contribution in [2.45, 2.75) is 38.0 Å². The molecule has 0 aromatic heterocycles. The van der Waals surface area contributed by atoms with E-state index in [4.69, 9.17) is 4.74 Å². The van der Waals surface area contributed by atoms with Gasteiger partial charge in [0.2, 0.25) is 0 Å². The number of benzene rings is 1. The van der Waals surface area contributed by atoms with Gasteiger partial charge in [-0.05, 0) is 24.5 Å². The lowest BCUT2D eigenvalue weighted by Gasteiger charge is -2.23. The summed E-state index contributed by atoms with van der Waals surface area (Å²) < 4.78 is 18.8. The van der Waals surface area contributed by atoms with Crippen LogP contribution in [0.1, 0.15) is 43.6 Å². The van der Waals surface area contributed by atoms with Gasteiger partial charge in [0, 0.05) is 5.92 Å². The molecule has 1 aliphatic rings. The SMILES string of the molecule is COC(=O)C1CCCCCC1c1ccccc1F. The molecular weight excluding hydrogens is 231 g/mol. The van der Waals surface area contributed by atoms with Crippen molar-refractivity contribution in [3.8, 4) is 0 Å². The van der Waals surface area contributed by atoms with Crippen LogP contribution in [0.2, 0.25) is 0 Å². The van der Waals surface area contributed by atoms with Gasteiger partial charge in [-0.2, -0.15) is 0 Å². The molecule has 0 heterocycles. The Hall–Kier alpha value is -1.38. The van der Waals surface area contributed by atoms with Gasteiger partial charge in [-0.25, -0.2) is 4.39 Å². The lowest BCUT2D eigenvalue weighted by atomic mass is 9.82. The predicted octanol–water partition coefficient (Wildman–Crippen LogP) is 3.66. The van der Waals surface area contributed by atoms with Crippen LogP contribution in [0.4, 0.5) is 4.39 Å². The van der Waals surface area contributed by atoms with E-state index in [1.165, 1.54) is 13.2 Å². The first-order valence-electron chi connectivity index (χ1n) is 6.56. The number of carbonyl (C=O) groups excluding carboxylic acids is 1. The molecule has 18 heavy (non-hydrogen) atoms. The number of esters is 1. The lowest BCUT2D eigenvalue weighted by Crippen LogP contribution is -2.23. The van der Waals surface area contributed by atoms with Crippen LogP contribution >= 0.6 is 0 Å². The van der Waals surface area contributed by atoms with Crippen LogP contribution in [-0.2, 0) is 9.53 Å². The second-order valence-corrected chi connectivity index (χ2v) is 4.90. The van der Waals surface area contributed by atoms with E-state index in [-0.39, 0.29) is 23.6 Å². The Morgan fingerprint density at radius 1 is 1.22 bits per heavy atom. The first-order chi connectivity index (χ1) is 8.74. The number of halogens is 1. The van der Waals surface area contributed by atoms with E-state index < -0.39 is 0 Å². The molecule has 0 aliphatic heterocycles. The maximum atomic E-state index is 13.9. The van der Waals surface area contributed by atoms with Crippen molar-refractivity contribution in [3.63, 3.8) is 0 Å². The third kappa shape index (κ3) is 2.71. The van der Waals surface area contributed by atoms with Gasteiger partial charge in [0.1, 0.15) is 5.82 Å². The lowest BCUT2D eigenvalue weighted by molar-refractivity contribution is -0.146. The molecule has 1 fully saturated rings. The Balaban J connectivity index is 2.31. The third-order valence-corrected chi connectivity index (χ3v) is 3.82. The topological polar surface area (TPSA) is 26.3 Å². The van der Waals surface area contributed by atoms with Crippen molar-refractivity contribution in [1.82, 2.24) is 0 Å². The van der Waals surface area contributed by atoms with Gasteiger partial charge in [0.25, 0.3) is 0 Å². The second kappa shape index (κ2) is 5.98. The van der Waals surface area contributed by atoms with Crippen LogP contribution in [-0.4, -0.2) is 13.1 Å². The van der Waals surface area contributed by atoms with Crippen molar-refractivity contribution in [2.75, 3.05) is 7.11 Å². The number of ether oxygens (including phenoxy) is 1. The summed E-state index contributed by atoms with van der Waals surface area (Å²) >= 11 is 0. The number of hydrogen-bond donors (Lipinski definition) is 0. The molecule has 98 valence electrons. The molecule has 2 nitrogen and oxygen atoms in total. The van der Waals surface area contributed by atoms with Crippen LogP contribution in [0.5, 0.6) is 0 Å². The van der Waals surface area contributed by atoms with Gasteiger partial charge in [-0.3, -0.25) is 4.79 Å². The summed E-state index contributed by atoms with van der Waals surface area (Å²) in [6.07, 6.45) is 4.84. The van der Waals surface area contributed by atoms with Crippen molar-refractivity contribution in [2.24, 2.45) is 5.92 Å². The Morgan fingerprint density at radius 2 is 1.94 bits per heavy atom. The highest BCUT2D eigenvalue weighted by molar-refractivity contribution is 5.73. The fraction of sp³-hybridized carbons (Fsp3) is 0.533. The van der Waals surface area contributed by atoms with Gasteiger partial charge < -0.3 is 4.74 Å². The number of rotatable bonds is 2. The minimum Gasteiger partial charge on any atom is -0.469 e. The van der Waals surface area contributed by atoms with Gasteiger partial charge in [-0.1, -0.05) is 37.5 Å². The first-order valence-corrected chi connectivity index (χ1v) is 6.56. The van der Waals surface area contributed by atoms with E-state index in [0.717, 1.165) is 32.1 Å². The quantitative estimate of drug-likeness (QED) is 0.591. The van der Waals surface area contributed by atoms with Gasteiger partial charge in [0.15, 0.2) is 0 Å². The standard InChI is InChI=1S/C15H19FO2/c1-18-15(17)13-9-4-2-3-7-11(13)12-8-5-6-10-14(12)16/h5-6,8,10-11,13H,2-4,7,9H2,1H3. The molecule has 1 saturated carbocycles. The highest BCUT2D eigenvalue weighted by Crippen LogP contribution is 2.38. The van der Waals surface area contributed by atoms with E-state index in [1.807, 2.05) is 6.07 Å². The first kappa shape index (κ1) is 13.1. The highest BCUT2D eigenvalue weighted by atomic mass is 19.1. The fourth-order valence-corrected chi connectivity index (χ4v) is 2.89. The van der Waals surface area contributed by atoms with E-state index in [2.05, 4.69) is 0 Å². The molecule has 0 bridgehead atoms. The maximum absolute atomic E-state index is 13.9. The fourth-order valence-electron chi connectivity index (χ4n) is 2.89. The Morgan fingerprint density at radius 3 is 2.67 bits per heavy atom. The molecule has 1 aliphatic carbocycles. The van der Waals surface area contributed by atoms with Crippen molar-refractivity contribution < 1.29 is 13.9 Å². The van der Waals surface area contributed by atoms with Gasteiger partial charge in [0.05, 0.1) is 13.0 Å². The largest absolute Gasteiger partial charge is 0.469 e. The minimum atomic E-state index is -0.210. The molecule has 2 atom stereocenters. The van der Waals surface area contributed by atoms with E-state index in [9.17, 15) is 9.18 Å². The summed E-state index contributed by atoms with van der Waals surface area (Å²) in [7, 11) is 1.41. The second-order valence-electron chi connectivity index (χ2n) is 4.90. The summed E-state index contributed by atoms with van der Waals surface area (Å²) in [6, 6.07) is 6.77. The molecular formula is C15H19FO2. The summed E-state index contributed by atoms with van der Waals surface area (Å²) in [5.41, 5.74) is 0.662. The summed E-state index contributed by atoms with van der Waals surface area (Å²) in [4.78, 5) is 11.9. The zero-order valence-electron chi connectivity index (χ0n) is 10.7. The monoisotopic (exact) mass is 250 g/mol.